The minimum Gasteiger partial charge on any atom is -0.349 e. The van der Waals surface area contributed by atoms with E-state index in [1.165, 1.54) is 19.1 Å². The average Bonchev–Trinajstić information content (AvgIpc) is 2.61. The fourth-order valence-corrected chi connectivity index (χ4v) is 3.01. The van der Waals surface area contributed by atoms with Gasteiger partial charge in [0.15, 0.2) is 0 Å². The number of aromatic amines is 1. The molecule has 0 bridgehead atoms. The van der Waals surface area contributed by atoms with Crippen LogP contribution in [0.4, 0.5) is 4.39 Å². The van der Waals surface area contributed by atoms with Gasteiger partial charge in [0, 0.05) is 11.8 Å². The maximum atomic E-state index is 13.2. The molecule has 0 spiro atoms. The first-order chi connectivity index (χ1) is 7.93. The van der Waals surface area contributed by atoms with Crippen LogP contribution in [0.15, 0.2) is 40.4 Å². The number of aromatic nitrogens is 1. The van der Waals surface area contributed by atoms with Crippen LogP contribution in [-0.2, 0) is 9.84 Å². The molecule has 1 N–H and O–H groups in total. The van der Waals surface area contributed by atoms with Gasteiger partial charge < -0.3 is 4.98 Å². The quantitative estimate of drug-likeness (QED) is 0.894. The summed E-state index contributed by atoms with van der Waals surface area (Å²) in [7, 11) is -3.66. The van der Waals surface area contributed by atoms with Gasteiger partial charge >= 0.3 is 0 Å². The number of hydrogen-bond donors (Lipinski definition) is 1. The number of benzene rings is 1. The highest BCUT2D eigenvalue weighted by Crippen LogP contribution is 2.24. The Hall–Kier alpha value is -1.62. The van der Waals surface area contributed by atoms with Crippen LogP contribution in [-0.4, -0.2) is 13.4 Å². The summed E-state index contributed by atoms with van der Waals surface area (Å²) in [5, 5.41) is -0.0844. The number of sulfone groups is 1. The number of halogens is 1. The first kappa shape index (κ1) is 11.9. The molecule has 0 aliphatic heterocycles. The number of hydrogen-bond acceptors (Lipinski definition) is 2. The Morgan fingerprint density at radius 1 is 1.12 bits per heavy atom. The summed E-state index contributed by atoms with van der Waals surface area (Å²) >= 11 is 0. The van der Waals surface area contributed by atoms with Crippen molar-refractivity contribution in [2.45, 2.75) is 23.8 Å². The van der Waals surface area contributed by atoms with E-state index < -0.39 is 15.7 Å². The summed E-state index contributed by atoms with van der Waals surface area (Å²) in [5.74, 6) is -0.546. The second-order valence-corrected chi connectivity index (χ2v) is 5.79. The highest BCUT2D eigenvalue weighted by atomic mass is 32.2. The van der Waals surface area contributed by atoms with E-state index in [4.69, 9.17) is 0 Å². The largest absolute Gasteiger partial charge is 0.349 e. The van der Waals surface area contributed by atoms with E-state index in [1.807, 2.05) is 6.92 Å². The normalized spacial score (nSPS) is 11.7. The van der Waals surface area contributed by atoms with Crippen molar-refractivity contribution in [3.8, 4) is 0 Å². The molecule has 0 radical (unpaired) electrons. The van der Waals surface area contributed by atoms with Gasteiger partial charge in [0.25, 0.3) is 0 Å². The molecule has 0 saturated carbocycles. The van der Waals surface area contributed by atoms with E-state index in [-0.39, 0.29) is 15.5 Å². The average molecular weight is 253 g/mol. The Morgan fingerprint density at radius 2 is 1.71 bits per heavy atom. The van der Waals surface area contributed by atoms with Crippen molar-refractivity contribution in [3.05, 3.63) is 47.4 Å². The number of rotatable bonds is 2. The van der Waals surface area contributed by atoms with Gasteiger partial charge in [-0.2, -0.15) is 0 Å². The van der Waals surface area contributed by atoms with Gasteiger partial charge in [-0.1, -0.05) is 17.7 Å². The van der Waals surface area contributed by atoms with Gasteiger partial charge in [0.05, 0.1) is 4.90 Å². The van der Waals surface area contributed by atoms with Crippen molar-refractivity contribution in [1.29, 1.82) is 0 Å². The predicted molar refractivity (Wildman–Crippen MR) is 62.1 cm³/mol. The van der Waals surface area contributed by atoms with Crippen LogP contribution in [0.1, 0.15) is 11.1 Å². The third-order valence-electron chi connectivity index (χ3n) is 2.63. The first-order valence-corrected chi connectivity index (χ1v) is 6.56. The first-order valence-electron chi connectivity index (χ1n) is 5.08. The van der Waals surface area contributed by atoms with Crippen LogP contribution < -0.4 is 0 Å². The Bertz CT molecular complexity index is 642. The van der Waals surface area contributed by atoms with E-state index in [2.05, 4.69) is 4.98 Å². The molecule has 1 aromatic carbocycles. The molecule has 0 atom stereocenters. The number of nitrogens with one attached hydrogen (secondary N) is 1. The molecule has 17 heavy (non-hydrogen) atoms. The van der Waals surface area contributed by atoms with Gasteiger partial charge in [-0.25, -0.2) is 12.8 Å². The second-order valence-electron chi connectivity index (χ2n) is 3.91. The Balaban J connectivity index is 2.58. The zero-order chi connectivity index (χ0) is 12.6. The molecule has 0 fully saturated rings. The van der Waals surface area contributed by atoms with Crippen LogP contribution in [0, 0.1) is 19.7 Å². The molecule has 0 amide bonds. The van der Waals surface area contributed by atoms with Crippen molar-refractivity contribution in [2.24, 2.45) is 0 Å². The van der Waals surface area contributed by atoms with E-state index >= 15 is 0 Å². The summed E-state index contributed by atoms with van der Waals surface area (Å²) in [5.41, 5.74) is 1.09. The SMILES string of the molecule is Cc1ccc(S(=O)(=O)c2[nH]cc(F)c2C)cc1. The maximum absolute atomic E-state index is 13.2. The molecule has 2 rings (SSSR count). The lowest BCUT2D eigenvalue weighted by atomic mass is 10.2. The van der Waals surface area contributed by atoms with Crippen molar-refractivity contribution in [1.82, 2.24) is 4.98 Å². The van der Waals surface area contributed by atoms with Crippen LogP contribution in [0.2, 0.25) is 0 Å². The minimum atomic E-state index is -3.66. The monoisotopic (exact) mass is 253 g/mol. The standard InChI is InChI=1S/C12H12FNO2S/c1-8-3-5-10(6-4-8)17(15,16)12-9(2)11(13)7-14-12/h3-7,14H,1-2H3. The van der Waals surface area contributed by atoms with Crippen molar-refractivity contribution < 1.29 is 12.8 Å². The molecule has 0 unspecified atom stereocenters. The van der Waals surface area contributed by atoms with Crippen LogP contribution in [0.25, 0.3) is 0 Å². The lowest BCUT2D eigenvalue weighted by Crippen LogP contribution is -2.04. The van der Waals surface area contributed by atoms with Gasteiger partial charge in [0.1, 0.15) is 10.8 Å². The topological polar surface area (TPSA) is 49.9 Å². The van der Waals surface area contributed by atoms with E-state index in [1.54, 1.807) is 12.1 Å². The van der Waals surface area contributed by atoms with Crippen LogP contribution in [0.5, 0.6) is 0 Å². The molecule has 0 aliphatic rings. The van der Waals surface area contributed by atoms with Crippen LogP contribution >= 0.6 is 0 Å². The summed E-state index contributed by atoms with van der Waals surface area (Å²) in [6.45, 7) is 3.31. The summed E-state index contributed by atoms with van der Waals surface area (Å²) < 4.78 is 37.5. The lowest BCUT2D eigenvalue weighted by molar-refractivity contribution is 0.590. The highest BCUT2D eigenvalue weighted by Gasteiger charge is 2.23. The van der Waals surface area contributed by atoms with Crippen molar-refractivity contribution in [2.75, 3.05) is 0 Å². The number of aryl methyl sites for hydroxylation is 1. The molecule has 3 nitrogen and oxygen atoms in total. The zero-order valence-corrected chi connectivity index (χ0v) is 10.3. The summed E-state index contributed by atoms with van der Waals surface area (Å²) in [6.07, 6.45) is 1.05. The molecule has 1 heterocycles. The van der Waals surface area contributed by atoms with Crippen LogP contribution in [0.3, 0.4) is 0 Å². The fourth-order valence-electron chi connectivity index (χ4n) is 1.57. The van der Waals surface area contributed by atoms with Gasteiger partial charge in [-0.05, 0) is 26.0 Å². The molecule has 2 aromatic rings. The van der Waals surface area contributed by atoms with Crippen molar-refractivity contribution >= 4 is 9.84 Å². The van der Waals surface area contributed by atoms with Crippen molar-refractivity contribution in [3.63, 3.8) is 0 Å². The lowest BCUT2D eigenvalue weighted by Gasteiger charge is -2.04. The molecule has 90 valence electrons. The number of H-pyrrole nitrogens is 1. The van der Waals surface area contributed by atoms with Gasteiger partial charge in [-0.3, -0.25) is 0 Å². The molecule has 0 saturated heterocycles. The molecule has 0 aliphatic carbocycles. The Morgan fingerprint density at radius 3 is 2.18 bits per heavy atom. The van der Waals surface area contributed by atoms with Gasteiger partial charge in [-0.15, -0.1) is 0 Å². The second kappa shape index (κ2) is 4.00. The van der Waals surface area contributed by atoms with Gasteiger partial charge in [0.2, 0.25) is 9.84 Å². The highest BCUT2D eigenvalue weighted by molar-refractivity contribution is 7.91. The zero-order valence-electron chi connectivity index (χ0n) is 9.49. The molecule has 1 aromatic heterocycles. The smallest absolute Gasteiger partial charge is 0.222 e. The minimum absolute atomic E-state index is 0.0844. The van der Waals surface area contributed by atoms with E-state index in [9.17, 15) is 12.8 Å². The summed E-state index contributed by atoms with van der Waals surface area (Å²) in [4.78, 5) is 2.62. The third-order valence-corrected chi connectivity index (χ3v) is 4.48. The predicted octanol–water partition coefficient (Wildman–Crippen LogP) is 2.60. The summed E-state index contributed by atoms with van der Waals surface area (Å²) in [6, 6.07) is 6.45. The van der Waals surface area contributed by atoms with E-state index in [0.29, 0.717) is 0 Å². The molecular formula is C12H12FNO2S. The fraction of sp³-hybridized carbons (Fsp3) is 0.167. The third kappa shape index (κ3) is 1.98. The molecular weight excluding hydrogens is 241 g/mol. The maximum Gasteiger partial charge on any atom is 0.222 e. The van der Waals surface area contributed by atoms with E-state index in [0.717, 1.165) is 11.8 Å². The molecule has 5 heteroatoms. The Labute approximate surface area is 99.2 Å². The Kier molecular flexibility index (Phi) is 2.79.